The lowest BCUT2D eigenvalue weighted by molar-refractivity contribution is 0.0973. The fourth-order valence-corrected chi connectivity index (χ4v) is 3.73. The maximum atomic E-state index is 12.7. The molecule has 4 heteroatoms. The van der Waals surface area contributed by atoms with E-state index in [1.54, 1.807) is 6.33 Å². The van der Waals surface area contributed by atoms with E-state index in [0.717, 1.165) is 23.4 Å². The maximum Gasteiger partial charge on any atom is 0.163 e. The van der Waals surface area contributed by atoms with Crippen LogP contribution in [0.3, 0.4) is 0 Å². The largest absolute Gasteiger partial charge is 0.294 e. The Bertz CT molecular complexity index is 870. The molecule has 24 heavy (non-hydrogen) atoms. The molecule has 0 aliphatic heterocycles. The second-order valence-corrected chi connectivity index (χ2v) is 6.48. The van der Waals surface area contributed by atoms with Crippen molar-refractivity contribution >= 4 is 5.78 Å². The van der Waals surface area contributed by atoms with Crippen LogP contribution < -0.4 is 0 Å². The summed E-state index contributed by atoms with van der Waals surface area (Å²) in [4.78, 5) is 17.0. The summed E-state index contributed by atoms with van der Waals surface area (Å²) in [5.74, 6) is 1.51. The number of rotatable bonds is 4. The van der Waals surface area contributed by atoms with Crippen LogP contribution in [-0.2, 0) is 0 Å². The molecule has 1 N–H and O–H groups in total. The highest BCUT2D eigenvalue weighted by Crippen LogP contribution is 2.45. The van der Waals surface area contributed by atoms with Gasteiger partial charge in [0.25, 0.3) is 0 Å². The van der Waals surface area contributed by atoms with Crippen LogP contribution in [0.5, 0.6) is 0 Å². The first-order valence-corrected chi connectivity index (χ1v) is 8.26. The second kappa shape index (κ2) is 6.04. The number of ketones is 1. The quantitative estimate of drug-likeness (QED) is 0.740. The van der Waals surface area contributed by atoms with E-state index in [9.17, 15) is 4.79 Å². The summed E-state index contributed by atoms with van der Waals surface area (Å²) in [7, 11) is 0. The standard InChI is InChI=1S/C20H19N3O/c1-13-5-4-6-14(9-13)19(24)11-15-10-18(20-21-12-22-23-20)17-8-3-2-7-16(15)17/h2-9,12,15,18H,10-11H2,1H3,(H,21,22,23)/t15-,18-/m0/s1. The Labute approximate surface area is 141 Å². The minimum absolute atomic E-state index is 0.194. The number of H-pyrrole nitrogens is 1. The van der Waals surface area contributed by atoms with Crippen LogP contribution in [0.1, 0.15) is 57.6 Å². The Morgan fingerprint density at radius 1 is 1.17 bits per heavy atom. The van der Waals surface area contributed by atoms with Crippen LogP contribution in [0.25, 0.3) is 0 Å². The number of aromatic nitrogens is 3. The lowest BCUT2D eigenvalue weighted by atomic mass is 9.92. The molecular weight excluding hydrogens is 298 g/mol. The lowest BCUT2D eigenvalue weighted by Crippen LogP contribution is -2.06. The summed E-state index contributed by atoms with van der Waals surface area (Å²) in [6, 6.07) is 16.2. The van der Waals surface area contributed by atoms with Crippen LogP contribution in [0.4, 0.5) is 0 Å². The highest BCUT2D eigenvalue weighted by Gasteiger charge is 2.34. The monoisotopic (exact) mass is 317 g/mol. The molecule has 1 aromatic heterocycles. The fraction of sp³-hybridized carbons (Fsp3) is 0.250. The zero-order chi connectivity index (χ0) is 16.5. The summed E-state index contributed by atoms with van der Waals surface area (Å²) >= 11 is 0. The maximum absolute atomic E-state index is 12.7. The normalized spacial score (nSPS) is 19.2. The molecule has 2 aromatic carbocycles. The Morgan fingerprint density at radius 2 is 2.00 bits per heavy atom. The van der Waals surface area contributed by atoms with Crippen molar-refractivity contribution in [3.63, 3.8) is 0 Å². The third kappa shape index (κ3) is 2.64. The number of carbonyl (C=O) groups is 1. The first-order chi connectivity index (χ1) is 11.7. The highest BCUT2D eigenvalue weighted by atomic mass is 16.1. The third-order valence-corrected chi connectivity index (χ3v) is 4.87. The SMILES string of the molecule is Cc1cccc(C(=O)C[C@@H]2C[C@H](c3ncn[nH]3)c3ccccc32)c1. The van der Waals surface area contributed by atoms with Crippen molar-refractivity contribution in [1.29, 1.82) is 0 Å². The van der Waals surface area contributed by atoms with Gasteiger partial charge in [-0.3, -0.25) is 9.89 Å². The van der Waals surface area contributed by atoms with Crippen LogP contribution in [0.2, 0.25) is 0 Å². The van der Waals surface area contributed by atoms with Gasteiger partial charge in [0.15, 0.2) is 5.78 Å². The van der Waals surface area contributed by atoms with E-state index in [4.69, 9.17) is 0 Å². The number of benzene rings is 2. The van der Waals surface area contributed by atoms with Gasteiger partial charge in [-0.1, -0.05) is 48.0 Å². The average Bonchev–Trinajstić information content (AvgIpc) is 3.23. The highest BCUT2D eigenvalue weighted by molar-refractivity contribution is 5.96. The summed E-state index contributed by atoms with van der Waals surface area (Å²) in [5.41, 5.74) is 4.44. The first kappa shape index (κ1) is 14.8. The van der Waals surface area contributed by atoms with E-state index in [-0.39, 0.29) is 17.6 Å². The fourth-order valence-electron chi connectivity index (χ4n) is 3.73. The van der Waals surface area contributed by atoms with E-state index >= 15 is 0 Å². The van der Waals surface area contributed by atoms with Crippen molar-refractivity contribution in [2.75, 3.05) is 0 Å². The van der Waals surface area contributed by atoms with Crippen molar-refractivity contribution < 1.29 is 4.79 Å². The van der Waals surface area contributed by atoms with Gasteiger partial charge in [-0.2, -0.15) is 5.10 Å². The Balaban J connectivity index is 1.61. The Morgan fingerprint density at radius 3 is 2.75 bits per heavy atom. The lowest BCUT2D eigenvalue weighted by Gasteiger charge is -2.11. The zero-order valence-corrected chi connectivity index (χ0v) is 13.6. The average molecular weight is 317 g/mol. The molecule has 120 valence electrons. The Hall–Kier alpha value is -2.75. The molecule has 0 fully saturated rings. The number of Topliss-reactive ketones (excluding diaryl/α,β-unsaturated/α-hetero) is 1. The summed E-state index contributed by atoms with van der Waals surface area (Å²) in [5, 5.41) is 6.97. The molecule has 0 spiro atoms. The van der Waals surface area contributed by atoms with Crippen LogP contribution >= 0.6 is 0 Å². The van der Waals surface area contributed by atoms with Crippen molar-refractivity contribution in [2.24, 2.45) is 0 Å². The van der Waals surface area contributed by atoms with Gasteiger partial charge in [-0.05, 0) is 36.5 Å². The summed E-state index contributed by atoms with van der Waals surface area (Å²) in [6.45, 7) is 2.02. The molecule has 2 atom stereocenters. The van der Waals surface area contributed by atoms with Gasteiger partial charge >= 0.3 is 0 Å². The van der Waals surface area contributed by atoms with Gasteiger partial charge in [0.2, 0.25) is 0 Å². The Kier molecular flexibility index (Phi) is 3.73. The van der Waals surface area contributed by atoms with Crippen molar-refractivity contribution in [3.05, 3.63) is 82.9 Å². The molecule has 0 bridgehead atoms. The number of aryl methyl sites for hydroxylation is 1. The van der Waals surface area contributed by atoms with Crippen molar-refractivity contribution in [3.8, 4) is 0 Å². The van der Waals surface area contributed by atoms with Gasteiger partial charge in [0.1, 0.15) is 12.2 Å². The molecule has 1 aliphatic carbocycles. The minimum Gasteiger partial charge on any atom is -0.294 e. The van der Waals surface area contributed by atoms with E-state index in [2.05, 4.69) is 27.3 Å². The number of nitrogens with zero attached hydrogens (tertiary/aromatic N) is 2. The number of fused-ring (bicyclic) bond motifs is 1. The molecule has 1 heterocycles. The van der Waals surface area contributed by atoms with Gasteiger partial charge in [-0.25, -0.2) is 4.98 Å². The molecule has 3 aromatic rings. The topological polar surface area (TPSA) is 58.6 Å². The third-order valence-electron chi connectivity index (χ3n) is 4.87. The van der Waals surface area contributed by atoms with Crippen LogP contribution in [0, 0.1) is 6.92 Å². The van der Waals surface area contributed by atoms with Gasteiger partial charge in [-0.15, -0.1) is 0 Å². The molecule has 4 nitrogen and oxygen atoms in total. The van der Waals surface area contributed by atoms with Gasteiger partial charge in [0.05, 0.1) is 0 Å². The number of carbonyl (C=O) groups excluding carboxylic acids is 1. The molecular formula is C20H19N3O. The number of hydrogen-bond acceptors (Lipinski definition) is 3. The predicted octanol–water partition coefficient (Wildman–Crippen LogP) is 4.01. The summed E-state index contributed by atoms with van der Waals surface area (Å²) < 4.78 is 0. The number of hydrogen-bond donors (Lipinski definition) is 1. The molecule has 0 radical (unpaired) electrons. The first-order valence-electron chi connectivity index (χ1n) is 8.26. The zero-order valence-electron chi connectivity index (χ0n) is 13.6. The number of aromatic amines is 1. The molecule has 0 unspecified atom stereocenters. The van der Waals surface area contributed by atoms with Gasteiger partial charge < -0.3 is 0 Å². The van der Waals surface area contributed by atoms with Crippen LogP contribution in [0.15, 0.2) is 54.9 Å². The summed E-state index contributed by atoms with van der Waals surface area (Å²) in [6.07, 6.45) is 2.97. The molecule has 4 rings (SSSR count). The molecule has 0 saturated carbocycles. The molecule has 0 amide bonds. The van der Waals surface area contributed by atoms with E-state index in [1.165, 1.54) is 11.1 Å². The van der Waals surface area contributed by atoms with Crippen molar-refractivity contribution in [1.82, 2.24) is 15.2 Å². The minimum atomic E-state index is 0.194. The van der Waals surface area contributed by atoms with Crippen LogP contribution in [-0.4, -0.2) is 21.0 Å². The van der Waals surface area contributed by atoms with Gasteiger partial charge in [0, 0.05) is 17.9 Å². The second-order valence-electron chi connectivity index (χ2n) is 6.48. The number of nitrogens with one attached hydrogen (secondary N) is 1. The molecule has 0 saturated heterocycles. The van der Waals surface area contributed by atoms with E-state index < -0.39 is 0 Å². The van der Waals surface area contributed by atoms with Crippen molar-refractivity contribution in [2.45, 2.75) is 31.6 Å². The predicted molar refractivity (Wildman–Crippen MR) is 92.2 cm³/mol. The molecule has 1 aliphatic rings. The van der Waals surface area contributed by atoms with E-state index in [1.807, 2.05) is 43.3 Å². The van der Waals surface area contributed by atoms with E-state index in [0.29, 0.717) is 6.42 Å². The smallest absolute Gasteiger partial charge is 0.163 e.